The van der Waals surface area contributed by atoms with Gasteiger partial charge in [-0.25, -0.2) is 13.2 Å². The van der Waals surface area contributed by atoms with Gasteiger partial charge in [-0.1, -0.05) is 6.07 Å². The zero-order valence-electron chi connectivity index (χ0n) is 48.2. The number of fused-ring (bicyclic) bond motifs is 6. The van der Waals surface area contributed by atoms with Crippen LogP contribution in [0.5, 0.6) is 0 Å². The lowest BCUT2D eigenvalue weighted by molar-refractivity contribution is -0.438. The maximum absolute atomic E-state index is 14.9. The Labute approximate surface area is 511 Å². The minimum Gasteiger partial charge on any atom is -0.744 e. The first kappa shape index (κ1) is 68.4. The number of Topliss-reactive ketones (excluding diaryl/α,β-unsaturated/α-hetero) is 1. The van der Waals surface area contributed by atoms with Gasteiger partial charge in [0.05, 0.1) is 103 Å². The van der Waals surface area contributed by atoms with E-state index >= 15 is 0 Å². The van der Waals surface area contributed by atoms with Crippen molar-refractivity contribution in [3.05, 3.63) is 94.4 Å². The first-order valence-corrected chi connectivity index (χ1v) is 34.6. The van der Waals surface area contributed by atoms with Gasteiger partial charge in [0.1, 0.15) is 27.3 Å². The summed E-state index contributed by atoms with van der Waals surface area (Å²) in [6.45, 7) is 6.25. The molecule has 4 aliphatic rings. The second kappa shape index (κ2) is 26.4. The van der Waals surface area contributed by atoms with Gasteiger partial charge >= 0.3 is 5.97 Å². The van der Waals surface area contributed by atoms with Crippen molar-refractivity contribution in [2.24, 2.45) is 0 Å². The third-order valence-corrected chi connectivity index (χ3v) is 19.6. The molecule has 4 aromatic rings. The van der Waals surface area contributed by atoms with Crippen LogP contribution in [0.15, 0.2) is 103 Å². The number of aliphatic hydroxyl groups is 1. The Hall–Kier alpha value is -6.48. The van der Waals surface area contributed by atoms with E-state index in [2.05, 4.69) is 0 Å². The summed E-state index contributed by atoms with van der Waals surface area (Å²) in [5.41, 5.74) is -3.03. The predicted molar refractivity (Wildman–Crippen MR) is 311 cm³/mol. The Kier molecular flexibility index (Phi) is 20.3. The second-order valence-electron chi connectivity index (χ2n) is 21.6. The molecule has 0 bridgehead atoms. The number of methoxy groups -OCH3 is 1. The molecule has 34 heteroatoms. The van der Waals surface area contributed by atoms with Gasteiger partial charge in [-0.15, -0.1) is 5.06 Å². The molecule has 5 N–H and O–H groups in total. The molecule has 1 saturated heterocycles. The van der Waals surface area contributed by atoms with Gasteiger partial charge in [0.2, 0.25) is 11.5 Å². The number of amides is 2. The van der Waals surface area contributed by atoms with Gasteiger partial charge in [0.15, 0.2) is 5.71 Å². The van der Waals surface area contributed by atoms with Crippen LogP contribution >= 0.6 is 0 Å². The van der Waals surface area contributed by atoms with Crippen molar-refractivity contribution in [3.8, 4) is 0 Å². The molecular weight excluding hydrogens is 1280 g/mol. The van der Waals surface area contributed by atoms with Crippen LogP contribution in [0.25, 0.3) is 21.5 Å². The van der Waals surface area contributed by atoms with Crippen molar-refractivity contribution in [1.29, 1.82) is 0 Å². The minimum atomic E-state index is -5.45. The summed E-state index contributed by atoms with van der Waals surface area (Å²) in [7, 11) is -24.3. The maximum atomic E-state index is 14.9. The van der Waals surface area contributed by atoms with E-state index in [1.54, 1.807) is 30.4 Å². The number of hydroxylamine groups is 2. The van der Waals surface area contributed by atoms with Gasteiger partial charge in [0, 0.05) is 78.2 Å². The quantitative estimate of drug-likeness (QED) is 0.0163. The van der Waals surface area contributed by atoms with Crippen LogP contribution in [0, 0.1) is 0 Å². The smallest absolute Gasteiger partial charge is 0.333 e. The molecule has 1 atom stereocenters. The number of ether oxygens (including phenoxy) is 5. The lowest BCUT2D eigenvalue weighted by Crippen LogP contribution is -2.34. The van der Waals surface area contributed by atoms with Gasteiger partial charge < -0.3 is 43.1 Å². The highest BCUT2D eigenvalue weighted by atomic mass is 32.2. The number of carbonyl (C=O) groups excluding carboxylic acids is 4. The number of rotatable bonds is 30. The molecule has 3 aliphatic heterocycles. The van der Waals surface area contributed by atoms with E-state index in [0.29, 0.717) is 43.6 Å². The van der Waals surface area contributed by atoms with Crippen molar-refractivity contribution in [1.82, 2.24) is 5.06 Å². The van der Waals surface area contributed by atoms with E-state index in [0.717, 1.165) is 12.1 Å². The van der Waals surface area contributed by atoms with E-state index in [1.165, 1.54) is 43.3 Å². The number of aliphatic hydroxyl groups excluding tert-OH is 1. The van der Waals surface area contributed by atoms with E-state index in [9.17, 15) is 89.1 Å². The number of nitrogens with zero attached hydrogens (tertiary/aromatic N) is 3. The highest BCUT2D eigenvalue weighted by Crippen LogP contribution is 2.55. The number of hydrogen-bond acceptors (Lipinski definition) is 23. The van der Waals surface area contributed by atoms with Crippen LogP contribution in [0.2, 0.25) is 0 Å². The molecule has 1 unspecified atom stereocenters. The molecule has 0 saturated carbocycles. The second-order valence-corrected chi connectivity index (χ2v) is 28.8. The Bertz CT molecular complexity index is 4290. The number of hydrogen-bond donors (Lipinski definition) is 5. The zero-order chi connectivity index (χ0) is 65.4. The first-order chi connectivity index (χ1) is 41.5. The summed E-state index contributed by atoms with van der Waals surface area (Å²) >= 11 is 0. The Morgan fingerprint density at radius 2 is 1.19 bits per heavy atom. The summed E-state index contributed by atoms with van der Waals surface area (Å²) in [5.74, 6) is -4.83. The van der Waals surface area contributed by atoms with Gasteiger partial charge in [-0.3, -0.25) is 32.6 Å². The van der Waals surface area contributed by atoms with Gasteiger partial charge in [0.25, 0.3) is 52.3 Å². The van der Waals surface area contributed by atoms with Gasteiger partial charge in [-0.2, -0.15) is 38.2 Å². The molecule has 1 aliphatic carbocycles. The lowest BCUT2D eigenvalue weighted by atomic mass is 9.74. The lowest BCUT2D eigenvalue weighted by Gasteiger charge is -2.32. The molecule has 4 aromatic carbocycles. The SMILES string of the molecule is COCCOCCOCCOCCOCCN1C(=CC2=C(O)C(=CC3=[N+](CCCC(=O)ON4C(=O)CCC4=O)c4ccc5c(S(=O)(=O)[O-])cc(S(=O)(=O)O)cc5c4C3(C)C)C2=O)C(C)(CCCS(=O)(=O)O)c2c1ccc1c(S(=O)(=O)O)cc(S(=O)(=O)O)cc21. The Balaban J connectivity index is 1.23. The number of imide groups is 1. The third-order valence-electron chi connectivity index (χ3n) is 15.4. The average Bonchev–Trinajstić information content (AvgIpc) is 1.62. The summed E-state index contributed by atoms with van der Waals surface area (Å²) in [6.07, 6.45) is 0.976. The molecular formula is C55H63N3O26S5. The Morgan fingerprint density at radius 1 is 0.663 bits per heavy atom. The van der Waals surface area contributed by atoms with Crippen molar-refractivity contribution in [2.75, 3.05) is 90.3 Å². The highest BCUT2D eigenvalue weighted by molar-refractivity contribution is 7.87. The third kappa shape index (κ3) is 14.8. The van der Waals surface area contributed by atoms with Crippen LogP contribution in [0.4, 0.5) is 11.4 Å². The van der Waals surface area contributed by atoms with Crippen LogP contribution in [0.1, 0.15) is 70.4 Å². The molecule has 8 rings (SSSR count). The fourth-order valence-electron chi connectivity index (χ4n) is 11.4. The number of allylic oxidation sites excluding steroid dienone is 5. The molecule has 0 radical (unpaired) electrons. The number of benzene rings is 4. The molecule has 0 aromatic heterocycles. The zero-order valence-corrected chi connectivity index (χ0v) is 52.3. The molecule has 89 heavy (non-hydrogen) atoms. The first-order valence-electron chi connectivity index (χ1n) is 27.3. The van der Waals surface area contributed by atoms with Crippen LogP contribution in [-0.4, -0.2) is 194 Å². The average molecular weight is 1340 g/mol. The summed E-state index contributed by atoms with van der Waals surface area (Å²) in [5, 5.41) is 11.7. The standard InChI is InChI=1S/C55H63N3O26S5/c1-54(2)45(56(15-5-7-49(61)84-58-47(59)12-13-48(58)60)41-10-8-35-37(50(41)54)27-33(86(67,68)69)29-43(35)88(73,74)75)31-39-52(62)40(53(39)63)32-46-55(3,14-6-26-85(64,65)66)51-38-28-34(87(70,71)72)30-44(89(76,77)78)36(38)9-11-42(51)57(46)16-17-80-20-21-82-24-25-83-23-22-81-19-18-79-4/h8-11,27-32H,5-7,12-26H2,1-4H3,(H5-,62,63,64,65,66,67,68,69,70,71,72,73,74,75,76,77,78). The van der Waals surface area contributed by atoms with Crippen LogP contribution in [0.3, 0.4) is 0 Å². The molecule has 1 fully saturated rings. The van der Waals surface area contributed by atoms with E-state index < -0.39 is 123 Å². The summed E-state index contributed by atoms with van der Waals surface area (Å²) < 4.78 is 209. The minimum absolute atomic E-state index is 0.0222. The highest BCUT2D eigenvalue weighted by Gasteiger charge is 2.50. The van der Waals surface area contributed by atoms with E-state index in [1.807, 2.05) is 0 Å². The maximum Gasteiger partial charge on any atom is 0.333 e. The molecule has 29 nitrogen and oxygen atoms in total. The topological polar surface area (TPSA) is 428 Å². The monoisotopic (exact) mass is 1340 g/mol. The van der Waals surface area contributed by atoms with Crippen molar-refractivity contribution >= 4 is 113 Å². The molecule has 2 amide bonds. The molecule has 0 spiro atoms. The van der Waals surface area contributed by atoms with Crippen LogP contribution < -0.4 is 4.90 Å². The number of ketones is 1. The van der Waals surface area contributed by atoms with Crippen molar-refractivity contribution < 1.29 is 122 Å². The van der Waals surface area contributed by atoms with Crippen molar-refractivity contribution in [2.45, 2.75) is 89.7 Å². The normalized spacial score (nSPS) is 19.0. The molecule has 484 valence electrons. The van der Waals surface area contributed by atoms with Crippen LogP contribution in [-0.2, 0) is 109 Å². The fraction of sp³-hybridized carbons (Fsp3) is 0.436. The number of carbonyl (C=O) groups is 4. The summed E-state index contributed by atoms with van der Waals surface area (Å²) in [4.78, 5) is 55.1. The van der Waals surface area contributed by atoms with Crippen molar-refractivity contribution in [3.63, 3.8) is 0 Å². The summed E-state index contributed by atoms with van der Waals surface area (Å²) in [6, 6.07) is 8.15. The fourth-order valence-corrected chi connectivity index (χ4v) is 14.5. The number of anilines is 1. The predicted octanol–water partition coefficient (Wildman–Crippen LogP) is 3.76. The molecule has 3 heterocycles. The largest absolute Gasteiger partial charge is 0.744 e. The van der Waals surface area contributed by atoms with E-state index in [4.69, 9.17) is 28.5 Å². The van der Waals surface area contributed by atoms with E-state index in [-0.39, 0.29) is 145 Å². The Morgan fingerprint density at radius 3 is 1.72 bits per heavy atom. The van der Waals surface area contributed by atoms with Gasteiger partial charge in [-0.05, 0) is 92.4 Å².